The average Bonchev–Trinajstić information content (AvgIpc) is 2.15. The zero-order valence-corrected chi connectivity index (χ0v) is 9.16. The van der Waals surface area contributed by atoms with Crippen molar-refractivity contribution < 1.29 is 9.53 Å². The third-order valence-corrected chi connectivity index (χ3v) is 1.74. The smallest absolute Gasteiger partial charge is 0.302 e. The van der Waals surface area contributed by atoms with Gasteiger partial charge in [-0.15, -0.1) is 0 Å². The van der Waals surface area contributed by atoms with E-state index in [9.17, 15) is 4.79 Å². The van der Waals surface area contributed by atoms with E-state index in [-0.39, 0.29) is 5.97 Å². The number of allylic oxidation sites excluding steroid dienone is 3. The normalized spacial score (nSPS) is 11.3. The third kappa shape index (κ3) is 11.0. The van der Waals surface area contributed by atoms with Crippen LogP contribution in [0.25, 0.3) is 0 Å². The largest absolute Gasteiger partial charge is 0.462 e. The molecule has 0 aliphatic heterocycles. The molecule has 2 nitrogen and oxygen atoms in total. The van der Waals surface area contributed by atoms with Crippen LogP contribution in [0.5, 0.6) is 0 Å². The van der Waals surface area contributed by atoms with E-state index >= 15 is 0 Å². The Hall–Kier alpha value is -1.05. The van der Waals surface area contributed by atoms with Gasteiger partial charge < -0.3 is 4.74 Å². The summed E-state index contributed by atoms with van der Waals surface area (Å²) in [5.41, 5.74) is 0. The Bertz CT molecular complexity index is 192. The molecule has 0 radical (unpaired) electrons. The van der Waals surface area contributed by atoms with Crippen molar-refractivity contribution in [2.75, 3.05) is 6.61 Å². The molecule has 0 saturated heterocycles. The van der Waals surface area contributed by atoms with E-state index in [1.54, 1.807) is 0 Å². The summed E-state index contributed by atoms with van der Waals surface area (Å²) in [4.78, 5) is 10.4. The van der Waals surface area contributed by atoms with E-state index in [1.807, 2.05) is 18.2 Å². The molecule has 0 aliphatic rings. The first-order valence-electron chi connectivity index (χ1n) is 5.22. The third-order valence-electron chi connectivity index (χ3n) is 1.74. The summed E-state index contributed by atoms with van der Waals surface area (Å²) in [7, 11) is 0. The van der Waals surface area contributed by atoms with Gasteiger partial charge in [0.1, 0.15) is 6.61 Å². The minimum absolute atomic E-state index is 0.235. The summed E-state index contributed by atoms with van der Waals surface area (Å²) in [6, 6.07) is 0. The topological polar surface area (TPSA) is 26.3 Å². The molecule has 80 valence electrons. The van der Waals surface area contributed by atoms with Crippen molar-refractivity contribution in [2.24, 2.45) is 0 Å². The van der Waals surface area contributed by atoms with Crippen molar-refractivity contribution in [3.63, 3.8) is 0 Å². The van der Waals surface area contributed by atoms with Crippen molar-refractivity contribution in [1.82, 2.24) is 0 Å². The fourth-order valence-corrected chi connectivity index (χ4v) is 0.987. The van der Waals surface area contributed by atoms with Gasteiger partial charge in [-0.25, -0.2) is 0 Å². The summed E-state index contributed by atoms with van der Waals surface area (Å²) in [5, 5.41) is 0. The predicted octanol–water partition coefficient (Wildman–Crippen LogP) is 3.24. The zero-order valence-electron chi connectivity index (χ0n) is 9.16. The van der Waals surface area contributed by atoms with Gasteiger partial charge in [0.05, 0.1) is 0 Å². The Kier molecular flexibility index (Phi) is 9.28. The average molecular weight is 196 g/mol. The summed E-state index contributed by atoms with van der Waals surface area (Å²) in [6.45, 7) is 3.98. The highest BCUT2D eigenvalue weighted by Gasteiger charge is 1.85. The molecule has 0 bridgehead atoms. The summed E-state index contributed by atoms with van der Waals surface area (Å²) in [5.74, 6) is -0.235. The number of ether oxygens (including phenoxy) is 1. The quantitative estimate of drug-likeness (QED) is 0.355. The maximum absolute atomic E-state index is 10.4. The second-order valence-electron chi connectivity index (χ2n) is 3.15. The number of esters is 1. The van der Waals surface area contributed by atoms with Crippen LogP contribution in [0.1, 0.15) is 39.5 Å². The molecule has 0 aromatic heterocycles. The van der Waals surface area contributed by atoms with E-state index in [1.165, 1.54) is 26.2 Å². The highest BCUT2D eigenvalue weighted by molar-refractivity contribution is 5.65. The summed E-state index contributed by atoms with van der Waals surface area (Å²) in [6.07, 6.45) is 12.8. The molecular formula is C12H20O2. The van der Waals surface area contributed by atoms with Gasteiger partial charge in [-0.05, 0) is 18.9 Å². The van der Waals surface area contributed by atoms with E-state index in [4.69, 9.17) is 4.74 Å². The SMILES string of the molecule is CCCCC/C=C\C=C\COC(C)=O. The first kappa shape index (κ1) is 12.9. The Balaban J connectivity index is 3.28. The molecule has 0 aromatic rings. The Morgan fingerprint density at radius 3 is 2.57 bits per heavy atom. The molecule has 0 N–H and O–H groups in total. The highest BCUT2D eigenvalue weighted by Crippen LogP contribution is 1.99. The number of hydrogen-bond donors (Lipinski definition) is 0. The van der Waals surface area contributed by atoms with E-state index in [2.05, 4.69) is 13.0 Å². The van der Waals surface area contributed by atoms with Crippen LogP contribution in [-0.2, 0) is 9.53 Å². The van der Waals surface area contributed by atoms with Gasteiger partial charge in [0.25, 0.3) is 0 Å². The molecule has 0 unspecified atom stereocenters. The van der Waals surface area contributed by atoms with Crippen LogP contribution in [0.15, 0.2) is 24.3 Å². The van der Waals surface area contributed by atoms with Crippen LogP contribution in [0.2, 0.25) is 0 Å². The zero-order chi connectivity index (χ0) is 10.6. The molecule has 0 atom stereocenters. The highest BCUT2D eigenvalue weighted by atomic mass is 16.5. The molecule has 0 fully saturated rings. The second-order valence-corrected chi connectivity index (χ2v) is 3.15. The lowest BCUT2D eigenvalue weighted by Crippen LogP contribution is -1.96. The maximum atomic E-state index is 10.4. The number of carbonyl (C=O) groups excluding carboxylic acids is 1. The van der Waals surface area contributed by atoms with Gasteiger partial charge in [-0.1, -0.05) is 38.0 Å². The molecule has 0 amide bonds. The number of carbonyl (C=O) groups is 1. The molecule has 0 rings (SSSR count). The minimum atomic E-state index is -0.235. The van der Waals surface area contributed by atoms with Gasteiger partial charge in [-0.2, -0.15) is 0 Å². The molecule has 0 spiro atoms. The van der Waals surface area contributed by atoms with Crippen molar-refractivity contribution in [1.29, 1.82) is 0 Å². The fraction of sp³-hybridized carbons (Fsp3) is 0.583. The van der Waals surface area contributed by atoms with Crippen LogP contribution >= 0.6 is 0 Å². The number of hydrogen-bond acceptors (Lipinski definition) is 2. The lowest BCUT2D eigenvalue weighted by atomic mass is 10.2. The molecule has 14 heavy (non-hydrogen) atoms. The van der Waals surface area contributed by atoms with Crippen molar-refractivity contribution >= 4 is 5.97 Å². The van der Waals surface area contributed by atoms with E-state index in [0.29, 0.717) is 6.61 Å². The predicted molar refractivity (Wildman–Crippen MR) is 59.1 cm³/mol. The van der Waals surface area contributed by atoms with Crippen molar-refractivity contribution in [3.05, 3.63) is 24.3 Å². The Labute approximate surface area is 86.6 Å². The van der Waals surface area contributed by atoms with Gasteiger partial charge >= 0.3 is 5.97 Å². The molecule has 0 aliphatic carbocycles. The van der Waals surface area contributed by atoms with Crippen molar-refractivity contribution in [2.45, 2.75) is 39.5 Å². The molecule has 0 saturated carbocycles. The lowest BCUT2D eigenvalue weighted by molar-refractivity contribution is -0.139. The summed E-state index contributed by atoms with van der Waals surface area (Å²) >= 11 is 0. The van der Waals surface area contributed by atoms with E-state index < -0.39 is 0 Å². The number of unbranched alkanes of at least 4 members (excludes halogenated alkanes) is 3. The first-order valence-corrected chi connectivity index (χ1v) is 5.22. The van der Waals surface area contributed by atoms with Crippen LogP contribution in [-0.4, -0.2) is 12.6 Å². The second kappa shape index (κ2) is 10.0. The lowest BCUT2D eigenvalue weighted by Gasteiger charge is -1.93. The van der Waals surface area contributed by atoms with Gasteiger partial charge in [0.2, 0.25) is 0 Å². The van der Waals surface area contributed by atoms with Gasteiger partial charge in [0, 0.05) is 6.92 Å². The van der Waals surface area contributed by atoms with Gasteiger partial charge in [0.15, 0.2) is 0 Å². The van der Waals surface area contributed by atoms with E-state index in [0.717, 1.165) is 6.42 Å². The monoisotopic (exact) mass is 196 g/mol. The molecule has 0 aromatic carbocycles. The standard InChI is InChI=1S/C12H20O2/c1-3-4-5-6-7-8-9-10-11-14-12(2)13/h7-10H,3-6,11H2,1-2H3/b8-7-,10-9+. The van der Waals surface area contributed by atoms with Crippen LogP contribution in [0.4, 0.5) is 0 Å². The van der Waals surface area contributed by atoms with Crippen LogP contribution in [0.3, 0.4) is 0 Å². The fourth-order valence-electron chi connectivity index (χ4n) is 0.987. The maximum Gasteiger partial charge on any atom is 0.302 e. The first-order chi connectivity index (χ1) is 6.77. The minimum Gasteiger partial charge on any atom is -0.462 e. The van der Waals surface area contributed by atoms with Crippen LogP contribution < -0.4 is 0 Å². The number of rotatable bonds is 7. The van der Waals surface area contributed by atoms with Gasteiger partial charge in [-0.3, -0.25) is 4.79 Å². The molecular weight excluding hydrogens is 176 g/mol. The van der Waals surface area contributed by atoms with Crippen molar-refractivity contribution in [3.8, 4) is 0 Å². The molecule has 2 heteroatoms. The molecule has 0 heterocycles. The summed E-state index contributed by atoms with van der Waals surface area (Å²) < 4.78 is 4.73. The Morgan fingerprint density at radius 2 is 1.93 bits per heavy atom. The Morgan fingerprint density at radius 1 is 1.21 bits per heavy atom. The van der Waals surface area contributed by atoms with Crippen LogP contribution in [0, 0.1) is 0 Å².